The lowest BCUT2D eigenvalue weighted by atomic mass is 10.2. The minimum absolute atomic E-state index is 0.0369. The zero-order valence-electron chi connectivity index (χ0n) is 15.3. The number of carbonyl (C=O) groups excluding carboxylic acids is 1. The number of rotatable bonds is 4. The van der Waals surface area contributed by atoms with Gasteiger partial charge in [-0.1, -0.05) is 41.9 Å². The number of halogens is 1. The van der Waals surface area contributed by atoms with Crippen LogP contribution in [-0.2, 0) is 6.54 Å². The molecule has 1 aliphatic rings. The molecule has 0 unspecified atom stereocenters. The molecule has 0 atom stereocenters. The molecule has 2 heterocycles. The van der Waals surface area contributed by atoms with Crippen LogP contribution >= 0.6 is 22.9 Å². The fraction of sp³-hybridized carbons (Fsp3) is 0.238. The fourth-order valence-corrected chi connectivity index (χ4v) is 4.13. The number of hydrogen-bond donors (Lipinski definition) is 1. The van der Waals surface area contributed by atoms with E-state index in [1.54, 1.807) is 11.3 Å². The molecule has 0 saturated carbocycles. The molecule has 0 radical (unpaired) electrons. The van der Waals surface area contributed by atoms with E-state index in [2.05, 4.69) is 15.6 Å². The highest BCUT2D eigenvalue weighted by Gasteiger charge is 2.22. The number of para-hydroxylation sites is 1. The standard InChI is InChI=1S/C21H21ClN4OS/c22-17-8-6-16(7-9-17)19-15-28-20(24-19)14-25-10-12-26(13-11-25)21(27)23-18-4-2-1-3-5-18/h1-9,15H,10-14H2,(H,23,27). The van der Waals surface area contributed by atoms with Gasteiger partial charge in [-0.15, -0.1) is 11.3 Å². The number of urea groups is 1. The third-order valence-corrected chi connectivity index (χ3v) is 5.82. The highest BCUT2D eigenvalue weighted by Crippen LogP contribution is 2.24. The van der Waals surface area contributed by atoms with Gasteiger partial charge >= 0.3 is 6.03 Å². The van der Waals surface area contributed by atoms with E-state index in [9.17, 15) is 4.79 Å². The van der Waals surface area contributed by atoms with Gasteiger partial charge in [-0.2, -0.15) is 0 Å². The van der Waals surface area contributed by atoms with Gasteiger partial charge in [0.1, 0.15) is 5.01 Å². The highest BCUT2D eigenvalue weighted by atomic mass is 35.5. The third kappa shape index (κ3) is 4.70. The quantitative estimate of drug-likeness (QED) is 0.668. The van der Waals surface area contributed by atoms with Crippen LogP contribution in [0.2, 0.25) is 5.02 Å². The molecule has 144 valence electrons. The molecule has 1 saturated heterocycles. The van der Waals surface area contributed by atoms with E-state index in [4.69, 9.17) is 16.6 Å². The van der Waals surface area contributed by atoms with Gasteiger partial charge in [0, 0.05) is 47.8 Å². The third-order valence-electron chi connectivity index (χ3n) is 4.74. The molecule has 0 aliphatic carbocycles. The number of thiazole rings is 1. The monoisotopic (exact) mass is 412 g/mol. The Morgan fingerprint density at radius 3 is 2.46 bits per heavy atom. The molecule has 7 heteroatoms. The fourth-order valence-electron chi connectivity index (χ4n) is 3.16. The number of benzene rings is 2. The van der Waals surface area contributed by atoms with Crippen molar-refractivity contribution >= 4 is 34.7 Å². The number of nitrogens with zero attached hydrogens (tertiary/aromatic N) is 3. The second-order valence-electron chi connectivity index (χ2n) is 6.69. The summed E-state index contributed by atoms with van der Waals surface area (Å²) in [6, 6.07) is 17.3. The predicted octanol–water partition coefficient (Wildman–Crippen LogP) is 4.81. The molecule has 2 amide bonds. The molecule has 3 aromatic rings. The molecule has 1 N–H and O–H groups in total. The molecular formula is C21H21ClN4OS. The topological polar surface area (TPSA) is 48.5 Å². The first-order valence-electron chi connectivity index (χ1n) is 9.21. The van der Waals surface area contributed by atoms with Crippen LogP contribution in [0, 0.1) is 0 Å². The minimum Gasteiger partial charge on any atom is -0.322 e. The van der Waals surface area contributed by atoms with Gasteiger partial charge in [-0.3, -0.25) is 4.90 Å². The van der Waals surface area contributed by atoms with Crippen LogP contribution in [0.5, 0.6) is 0 Å². The lowest BCUT2D eigenvalue weighted by Gasteiger charge is -2.34. The summed E-state index contributed by atoms with van der Waals surface area (Å²) in [6.45, 7) is 3.94. The first-order valence-corrected chi connectivity index (χ1v) is 10.5. The molecular weight excluding hydrogens is 392 g/mol. The Bertz CT molecular complexity index is 921. The summed E-state index contributed by atoms with van der Waals surface area (Å²) in [4.78, 5) is 21.4. The maximum Gasteiger partial charge on any atom is 0.321 e. The van der Waals surface area contributed by atoms with Gasteiger partial charge in [-0.25, -0.2) is 9.78 Å². The van der Waals surface area contributed by atoms with Crippen LogP contribution in [0.15, 0.2) is 60.0 Å². The number of aromatic nitrogens is 1. The molecule has 0 spiro atoms. The Morgan fingerprint density at radius 2 is 1.75 bits per heavy atom. The smallest absolute Gasteiger partial charge is 0.321 e. The molecule has 1 fully saturated rings. The second kappa shape index (κ2) is 8.73. The first kappa shape index (κ1) is 18.9. The summed E-state index contributed by atoms with van der Waals surface area (Å²) in [5.41, 5.74) is 2.89. The van der Waals surface area contributed by atoms with Crippen molar-refractivity contribution in [3.05, 3.63) is 70.0 Å². The van der Waals surface area contributed by atoms with Crippen molar-refractivity contribution in [1.82, 2.24) is 14.8 Å². The molecule has 0 bridgehead atoms. The van der Waals surface area contributed by atoms with Crippen LogP contribution in [-0.4, -0.2) is 47.0 Å². The zero-order valence-corrected chi connectivity index (χ0v) is 16.9. The Hall–Kier alpha value is -2.41. The lowest BCUT2D eigenvalue weighted by molar-refractivity contribution is 0.143. The summed E-state index contributed by atoms with van der Waals surface area (Å²) in [7, 11) is 0. The first-order chi connectivity index (χ1) is 13.7. The highest BCUT2D eigenvalue weighted by molar-refractivity contribution is 7.09. The maximum atomic E-state index is 12.4. The van der Waals surface area contributed by atoms with Crippen LogP contribution in [0.4, 0.5) is 10.5 Å². The average Bonchev–Trinajstić information content (AvgIpc) is 3.18. The van der Waals surface area contributed by atoms with Crippen LogP contribution < -0.4 is 5.32 Å². The van der Waals surface area contributed by atoms with E-state index in [1.807, 2.05) is 59.5 Å². The van der Waals surface area contributed by atoms with Crippen molar-refractivity contribution in [2.24, 2.45) is 0 Å². The average molecular weight is 413 g/mol. The SMILES string of the molecule is O=C(Nc1ccccc1)N1CCN(Cc2nc(-c3ccc(Cl)cc3)cs2)CC1. The molecule has 5 nitrogen and oxygen atoms in total. The summed E-state index contributed by atoms with van der Waals surface area (Å²) in [5.74, 6) is 0. The van der Waals surface area contributed by atoms with Crippen LogP contribution in [0.1, 0.15) is 5.01 Å². The van der Waals surface area contributed by atoms with Gasteiger partial charge in [0.15, 0.2) is 0 Å². The molecule has 2 aromatic carbocycles. The van der Waals surface area contributed by atoms with Crippen molar-refractivity contribution in [3.63, 3.8) is 0 Å². The zero-order chi connectivity index (χ0) is 19.3. The molecule has 28 heavy (non-hydrogen) atoms. The number of anilines is 1. The summed E-state index contributed by atoms with van der Waals surface area (Å²) in [6.07, 6.45) is 0. The van der Waals surface area contributed by atoms with E-state index in [0.29, 0.717) is 13.1 Å². The Kier molecular flexibility index (Phi) is 5.90. The van der Waals surface area contributed by atoms with Crippen LogP contribution in [0.25, 0.3) is 11.3 Å². The maximum absolute atomic E-state index is 12.4. The van der Waals surface area contributed by atoms with Crippen molar-refractivity contribution < 1.29 is 4.79 Å². The van der Waals surface area contributed by atoms with E-state index in [-0.39, 0.29) is 6.03 Å². The molecule has 4 rings (SSSR count). The van der Waals surface area contributed by atoms with Gasteiger partial charge in [-0.05, 0) is 24.3 Å². The largest absolute Gasteiger partial charge is 0.322 e. The number of nitrogens with one attached hydrogen (secondary N) is 1. The van der Waals surface area contributed by atoms with Gasteiger partial charge in [0.2, 0.25) is 0 Å². The van der Waals surface area contributed by atoms with Crippen LogP contribution in [0.3, 0.4) is 0 Å². The second-order valence-corrected chi connectivity index (χ2v) is 8.07. The molecule has 1 aromatic heterocycles. The normalized spacial score (nSPS) is 14.8. The number of piperazine rings is 1. The van der Waals surface area contributed by atoms with Gasteiger partial charge in [0.05, 0.1) is 12.2 Å². The van der Waals surface area contributed by atoms with Crippen molar-refractivity contribution in [1.29, 1.82) is 0 Å². The summed E-state index contributed by atoms with van der Waals surface area (Å²) >= 11 is 7.63. The van der Waals surface area contributed by atoms with Crippen molar-refractivity contribution in [3.8, 4) is 11.3 Å². The van der Waals surface area contributed by atoms with Gasteiger partial charge < -0.3 is 10.2 Å². The predicted molar refractivity (Wildman–Crippen MR) is 115 cm³/mol. The van der Waals surface area contributed by atoms with Crippen molar-refractivity contribution in [2.45, 2.75) is 6.54 Å². The van der Waals surface area contributed by atoms with E-state index in [1.165, 1.54) is 0 Å². The summed E-state index contributed by atoms with van der Waals surface area (Å²) < 4.78 is 0. The number of hydrogen-bond acceptors (Lipinski definition) is 4. The number of amides is 2. The molecule has 1 aliphatic heterocycles. The Labute approximate surface area is 173 Å². The van der Waals surface area contributed by atoms with E-state index >= 15 is 0 Å². The minimum atomic E-state index is -0.0369. The van der Waals surface area contributed by atoms with Gasteiger partial charge in [0.25, 0.3) is 0 Å². The van der Waals surface area contributed by atoms with Crippen molar-refractivity contribution in [2.75, 3.05) is 31.5 Å². The number of carbonyl (C=O) groups is 1. The lowest BCUT2D eigenvalue weighted by Crippen LogP contribution is -2.49. The Morgan fingerprint density at radius 1 is 1.04 bits per heavy atom. The van der Waals surface area contributed by atoms with E-state index < -0.39 is 0 Å². The van der Waals surface area contributed by atoms with E-state index in [0.717, 1.165) is 46.6 Å². The Balaban J connectivity index is 1.29. The summed E-state index contributed by atoms with van der Waals surface area (Å²) in [5, 5.41) is 6.86.